The smallest absolute Gasteiger partial charge is 0.346 e. The number of hydrogen-bond donors (Lipinski definition) is 2. The summed E-state index contributed by atoms with van der Waals surface area (Å²) in [4.78, 5) is 39.6. The molecule has 0 aliphatic carbocycles. The van der Waals surface area contributed by atoms with Gasteiger partial charge >= 0.3 is 11.9 Å². The first kappa shape index (κ1) is 14.2. The van der Waals surface area contributed by atoms with E-state index < -0.39 is 11.9 Å². The topological polar surface area (TPSA) is 109 Å². The molecule has 8 heteroatoms. The van der Waals surface area contributed by atoms with Crippen LogP contribution in [0.4, 0.5) is 0 Å². The van der Waals surface area contributed by atoms with E-state index in [0.717, 1.165) is 6.20 Å². The average molecular weight is 386 g/mol. The van der Waals surface area contributed by atoms with Gasteiger partial charge in [0.15, 0.2) is 0 Å². The Bertz CT molecular complexity index is 720. The first-order valence-corrected chi connectivity index (χ1v) is 6.35. The number of carboxylic acids is 1. The molecule has 0 atom stereocenters. The molecule has 7 nitrogen and oxygen atoms in total. The largest absolute Gasteiger partial charge is 0.478 e. The van der Waals surface area contributed by atoms with Crippen LogP contribution in [0, 0.1) is 3.57 Å². The third kappa shape index (κ3) is 3.20. The van der Waals surface area contributed by atoms with Crippen LogP contribution in [0.2, 0.25) is 0 Å². The minimum atomic E-state index is -1.12. The van der Waals surface area contributed by atoms with Gasteiger partial charge in [-0.3, -0.25) is 4.79 Å². The second-order valence-corrected chi connectivity index (χ2v) is 4.81. The molecule has 0 amide bonds. The van der Waals surface area contributed by atoms with Gasteiger partial charge in [-0.1, -0.05) is 0 Å². The van der Waals surface area contributed by atoms with Crippen molar-refractivity contribution in [2.75, 3.05) is 0 Å². The van der Waals surface area contributed by atoms with E-state index in [1.807, 2.05) is 22.6 Å². The molecule has 20 heavy (non-hydrogen) atoms. The van der Waals surface area contributed by atoms with Crippen LogP contribution >= 0.6 is 22.6 Å². The number of aromatic amines is 1. The van der Waals surface area contributed by atoms with Gasteiger partial charge in [-0.25, -0.2) is 14.6 Å². The predicted octanol–water partition coefficient (Wildman–Crippen LogP) is 1.29. The van der Waals surface area contributed by atoms with E-state index in [4.69, 9.17) is 9.84 Å². The molecule has 0 saturated heterocycles. The molecule has 0 radical (unpaired) electrons. The number of rotatable bonds is 3. The highest BCUT2D eigenvalue weighted by atomic mass is 127. The molecule has 0 aromatic carbocycles. The summed E-state index contributed by atoms with van der Waals surface area (Å²) < 4.78 is 5.42. The fourth-order valence-corrected chi connectivity index (χ4v) is 1.89. The Kier molecular flexibility index (Phi) is 4.13. The van der Waals surface area contributed by atoms with Crippen molar-refractivity contribution in [2.45, 2.75) is 0 Å². The number of halogens is 1. The van der Waals surface area contributed by atoms with Crippen LogP contribution in [0.1, 0.15) is 20.7 Å². The number of carbonyl (C=O) groups is 2. The number of nitrogens with zero attached hydrogens (tertiary/aromatic N) is 1. The number of esters is 1. The van der Waals surface area contributed by atoms with Crippen molar-refractivity contribution in [1.29, 1.82) is 0 Å². The fourth-order valence-electron chi connectivity index (χ4n) is 1.30. The molecule has 0 saturated carbocycles. The zero-order valence-electron chi connectivity index (χ0n) is 9.79. The van der Waals surface area contributed by atoms with E-state index >= 15 is 0 Å². The van der Waals surface area contributed by atoms with Gasteiger partial charge in [-0.2, -0.15) is 0 Å². The number of hydrogen-bond acceptors (Lipinski definition) is 5. The maximum Gasteiger partial charge on any atom is 0.346 e. The van der Waals surface area contributed by atoms with Crippen LogP contribution in [0.3, 0.4) is 0 Å². The van der Waals surface area contributed by atoms with Crippen molar-refractivity contribution in [3.63, 3.8) is 0 Å². The van der Waals surface area contributed by atoms with Gasteiger partial charge in [0.1, 0.15) is 0 Å². The Labute approximate surface area is 125 Å². The lowest BCUT2D eigenvalue weighted by Crippen LogP contribution is -2.13. The molecule has 0 bridgehead atoms. The molecule has 2 rings (SSSR count). The minimum Gasteiger partial charge on any atom is -0.478 e. The molecule has 0 aliphatic rings. The summed E-state index contributed by atoms with van der Waals surface area (Å²) in [6.45, 7) is 0. The highest BCUT2D eigenvalue weighted by molar-refractivity contribution is 14.1. The summed E-state index contributed by atoms with van der Waals surface area (Å²) in [6, 6.07) is 3.85. The van der Waals surface area contributed by atoms with E-state index in [0.29, 0.717) is 3.57 Å². The van der Waals surface area contributed by atoms with Crippen LogP contribution in [-0.2, 0) is 0 Å². The number of ether oxygens (including phenoxy) is 1. The maximum absolute atomic E-state index is 11.8. The molecule has 2 N–H and O–H groups in total. The van der Waals surface area contributed by atoms with E-state index in [1.54, 1.807) is 0 Å². The van der Waals surface area contributed by atoms with Crippen LogP contribution in [0.5, 0.6) is 5.88 Å². The van der Waals surface area contributed by atoms with Crippen LogP contribution < -0.4 is 10.3 Å². The standard InChI is InChI=1S/C12H7IN2O5/c13-8-3-7(11(17)18)5-15-10(8)20-12(19)6-1-2-9(16)14-4-6/h1-5H,(H,14,16)(H,17,18). The molecule has 2 aromatic rings. The van der Waals surface area contributed by atoms with E-state index in [-0.39, 0.29) is 22.6 Å². The summed E-state index contributed by atoms with van der Waals surface area (Å²) in [7, 11) is 0. The Morgan fingerprint density at radius 2 is 2.05 bits per heavy atom. The molecule has 0 unspecified atom stereocenters. The van der Waals surface area contributed by atoms with Gasteiger partial charge < -0.3 is 14.8 Å². The Balaban J connectivity index is 2.21. The Morgan fingerprint density at radius 1 is 1.30 bits per heavy atom. The van der Waals surface area contributed by atoms with Gasteiger partial charge in [-0.15, -0.1) is 0 Å². The SMILES string of the molecule is O=C(O)c1cnc(OC(=O)c2ccc(=O)[nH]c2)c(I)c1. The molecular weight excluding hydrogens is 379 g/mol. The number of carboxylic acid groups (broad SMARTS) is 1. The van der Waals surface area contributed by atoms with Crippen molar-refractivity contribution in [3.8, 4) is 5.88 Å². The first-order chi connectivity index (χ1) is 9.47. The molecule has 0 spiro atoms. The predicted molar refractivity (Wildman–Crippen MR) is 75.9 cm³/mol. The quantitative estimate of drug-likeness (QED) is 0.608. The zero-order chi connectivity index (χ0) is 14.7. The number of nitrogens with one attached hydrogen (secondary N) is 1. The molecule has 0 fully saturated rings. The van der Waals surface area contributed by atoms with Crippen LogP contribution in [0.15, 0.2) is 35.4 Å². The Hall–Kier alpha value is -2.23. The zero-order valence-corrected chi connectivity index (χ0v) is 11.9. The van der Waals surface area contributed by atoms with Crippen molar-refractivity contribution in [2.24, 2.45) is 0 Å². The lowest BCUT2D eigenvalue weighted by atomic mass is 10.3. The molecule has 0 aliphatic heterocycles. The fraction of sp³-hybridized carbons (Fsp3) is 0. The number of aromatic carboxylic acids is 1. The summed E-state index contributed by atoms with van der Waals surface area (Å²) in [6.07, 6.45) is 2.32. The van der Waals surface area contributed by atoms with E-state index in [9.17, 15) is 14.4 Å². The summed E-state index contributed by atoms with van der Waals surface area (Å²) in [5.41, 5.74) is -0.178. The third-order valence-electron chi connectivity index (χ3n) is 2.26. The number of aromatic nitrogens is 2. The normalized spacial score (nSPS) is 10.1. The molecule has 2 heterocycles. The van der Waals surface area contributed by atoms with E-state index in [2.05, 4.69) is 9.97 Å². The summed E-state index contributed by atoms with van der Waals surface area (Å²) in [5.74, 6) is -1.81. The number of carbonyl (C=O) groups excluding carboxylic acids is 1. The molecule has 2 aromatic heterocycles. The number of H-pyrrole nitrogens is 1. The van der Waals surface area contributed by atoms with Gasteiger partial charge in [0.25, 0.3) is 0 Å². The lowest BCUT2D eigenvalue weighted by molar-refractivity contribution is 0.0696. The van der Waals surface area contributed by atoms with Gasteiger partial charge in [0.05, 0.1) is 14.7 Å². The van der Waals surface area contributed by atoms with Crippen LogP contribution in [0.25, 0.3) is 0 Å². The van der Waals surface area contributed by atoms with Crippen molar-refractivity contribution < 1.29 is 19.4 Å². The van der Waals surface area contributed by atoms with E-state index in [1.165, 1.54) is 24.4 Å². The van der Waals surface area contributed by atoms with Crippen LogP contribution in [-0.4, -0.2) is 27.0 Å². The summed E-state index contributed by atoms with van der Waals surface area (Å²) in [5, 5.41) is 8.80. The van der Waals surface area contributed by atoms with Gasteiger partial charge in [-0.05, 0) is 34.7 Å². The third-order valence-corrected chi connectivity index (χ3v) is 3.04. The lowest BCUT2D eigenvalue weighted by Gasteiger charge is -2.05. The van der Waals surface area contributed by atoms with Crippen molar-refractivity contribution >= 4 is 34.5 Å². The first-order valence-electron chi connectivity index (χ1n) is 5.27. The maximum atomic E-state index is 11.8. The molecular formula is C12H7IN2O5. The van der Waals surface area contributed by atoms with Crippen molar-refractivity contribution in [1.82, 2.24) is 9.97 Å². The van der Waals surface area contributed by atoms with Crippen molar-refractivity contribution in [3.05, 3.63) is 55.6 Å². The highest BCUT2D eigenvalue weighted by Gasteiger charge is 2.14. The second kappa shape index (κ2) is 5.82. The highest BCUT2D eigenvalue weighted by Crippen LogP contribution is 2.19. The minimum absolute atomic E-state index is 0.00163. The Morgan fingerprint density at radius 3 is 2.60 bits per heavy atom. The average Bonchev–Trinajstić information content (AvgIpc) is 2.41. The second-order valence-electron chi connectivity index (χ2n) is 3.65. The molecule has 102 valence electrons. The monoisotopic (exact) mass is 386 g/mol. The van der Waals surface area contributed by atoms with Gasteiger partial charge in [0.2, 0.25) is 11.4 Å². The summed E-state index contributed by atoms with van der Waals surface area (Å²) >= 11 is 1.82. The van der Waals surface area contributed by atoms with Gasteiger partial charge in [0, 0.05) is 18.5 Å². The number of pyridine rings is 2.